The van der Waals surface area contributed by atoms with Crippen molar-refractivity contribution in [3.05, 3.63) is 83.1 Å². The number of aliphatic imine (C=N–C) groups is 1. The average molecular weight is 351 g/mol. The Labute approximate surface area is 154 Å². The molecule has 136 valence electrons. The molecule has 0 spiro atoms. The molecule has 0 aliphatic carbocycles. The zero-order valence-electron chi connectivity index (χ0n) is 15.3. The summed E-state index contributed by atoms with van der Waals surface area (Å²) in [5, 5.41) is 10.5. The second-order valence-corrected chi connectivity index (χ2v) is 5.81. The highest BCUT2D eigenvalue weighted by molar-refractivity contribution is 6.27. The summed E-state index contributed by atoms with van der Waals surface area (Å²) in [6.45, 7) is 4.34. The highest BCUT2D eigenvalue weighted by Gasteiger charge is 2.23. The molecule has 0 unspecified atom stereocenters. The first-order valence-corrected chi connectivity index (χ1v) is 8.90. The number of rotatable bonds is 8. The smallest absolute Gasteiger partial charge is 0.343 e. The van der Waals surface area contributed by atoms with Crippen molar-refractivity contribution in [3.8, 4) is 0 Å². The van der Waals surface area contributed by atoms with Crippen LogP contribution in [-0.2, 0) is 16.1 Å². The van der Waals surface area contributed by atoms with Gasteiger partial charge in [0.15, 0.2) is 0 Å². The quantitative estimate of drug-likeness (QED) is 0.320. The molecule has 0 bridgehead atoms. The Morgan fingerprint density at radius 3 is 2.19 bits per heavy atom. The van der Waals surface area contributed by atoms with E-state index in [1.54, 1.807) is 6.92 Å². The van der Waals surface area contributed by atoms with Gasteiger partial charge in [0.05, 0.1) is 18.9 Å². The molecule has 1 N–H and O–H groups in total. The fraction of sp³-hybridized carbons (Fsp3) is 0.273. The van der Waals surface area contributed by atoms with Crippen molar-refractivity contribution in [1.29, 1.82) is 0 Å². The molecular weight excluding hydrogens is 326 g/mol. The van der Waals surface area contributed by atoms with E-state index in [1.807, 2.05) is 67.6 Å². The van der Waals surface area contributed by atoms with Crippen molar-refractivity contribution in [1.82, 2.24) is 0 Å². The highest BCUT2D eigenvalue weighted by atomic mass is 16.5. The third-order valence-electron chi connectivity index (χ3n) is 3.80. The molecule has 4 nitrogen and oxygen atoms in total. The lowest BCUT2D eigenvalue weighted by Crippen LogP contribution is -2.20. The van der Waals surface area contributed by atoms with Crippen LogP contribution >= 0.6 is 0 Å². The summed E-state index contributed by atoms with van der Waals surface area (Å²) in [6, 6.07) is 19.2. The molecule has 2 aromatic rings. The van der Waals surface area contributed by atoms with Gasteiger partial charge in [-0.1, -0.05) is 67.6 Å². The number of carbonyl (C=O) groups excluding carboxylic acids is 1. The van der Waals surface area contributed by atoms with Crippen molar-refractivity contribution in [2.75, 3.05) is 6.61 Å². The van der Waals surface area contributed by atoms with E-state index >= 15 is 0 Å². The fourth-order valence-corrected chi connectivity index (χ4v) is 2.58. The average Bonchev–Trinajstić information content (AvgIpc) is 2.67. The van der Waals surface area contributed by atoms with Crippen LogP contribution in [0.5, 0.6) is 0 Å². The van der Waals surface area contributed by atoms with Crippen molar-refractivity contribution in [2.45, 2.75) is 33.2 Å². The minimum atomic E-state index is -0.547. The lowest BCUT2D eigenvalue weighted by molar-refractivity contribution is -0.138. The second-order valence-electron chi connectivity index (χ2n) is 5.81. The summed E-state index contributed by atoms with van der Waals surface area (Å²) in [6.07, 6.45) is 1.11. The van der Waals surface area contributed by atoms with E-state index in [4.69, 9.17) is 4.74 Å². The van der Waals surface area contributed by atoms with Gasteiger partial charge in [0, 0.05) is 12.0 Å². The van der Waals surface area contributed by atoms with Gasteiger partial charge in [0.25, 0.3) is 0 Å². The van der Waals surface area contributed by atoms with E-state index in [9.17, 15) is 9.90 Å². The predicted molar refractivity (Wildman–Crippen MR) is 104 cm³/mol. The predicted octanol–water partition coefficient (Wildman–Crippen LogP) is 4.85. The summed E-state index contributed by atoms with van der Waals surface area (Å²) < 4.78 is 5.19. The van der Waals surface area contributed by atoms with Crippen LogP contribution in [0.3, 0.4) is 0 Å². The Kier molecular flexibility index (Phi) is 7.62. The Morgan fingerprint density at radius 2 is 1.62 bits per heavy atom. The van der Waals surface area contributed by atoms with Gasteiger partial charge in [-0.05, 0) is 18.9 Å². The molecule has 0 saturated carbocycles. The Morgan fingerprint density at radius 1 is 1.00 bits per heavy atom. The topological polar surface area (TPSA) is 58.9 Å². The molecule has 2 rings (SSSR count). The number of nitrogens with zero attached hydrogens (tertiary/aromatic N) is 1. The lowest BCUT2D eigenvalue weighted by Gasteiger charge is -2.13. The van der Waals surface area contributed by atoms with Gasteiger partial charge < -0.3 is 9.84 Å². The number of carbonyl (C=O) groups is 1. The molecule has 2 aromatic carbocycles. The standard InChI is InChI=1S/C22H25NO3/c1-3-11-19(24)20(22(25)26-4-2)21(18-14-9-6-10-15-18)23-16-17-12-7-5-8-13-17/h5-10,12-15,24H,3-4,11,16H2,1-2H3. The van der Waals surface area contributed by atoms with Crippen LogP contribution in [0.4, 0.5) is 0 Å². The van der Waals surface area contributed by atoms with Gasteiger partial charge >= 0.3 is 5.97 Å². The molecule has 0 radical (unpaired) electrons. The van der Waals surface area contributed by atoms with Crippen LogP contribution in [0, 0.1) is 0 Å². The van der Waals surface area contributed by atoms with Crippen LogP contribution < -0.4 is 0 Å². The fourth-order valence-electron chi connectivity index (χ4n) is 2.58. The zero-order chi connectivity index (χ0) is 18.8. The molecule has 0 atom stereocenters. The summed E-state index contributed by atoms with van der Waals surface area (Å²) >= 11 is 0. The number of ether oxygens (including phenoxy) is 1. The molecule has 26 heavy (non-hydrogen) atoms. The van der Waals surface area contributed by atoms with Crippen molar-refractivity contribution in [2.24, 2.45) is 4.99 Å². The van der Waals surface area contributed by atoms with E-state index in [-0.39, 0.29) is 17.9 Å². The maximum Gasteiger partial charge on any atom is 0.343 e. The summed E-state index contributed by atoms with van der Waals surface area (Å²) in [7, 11) is 0. The van der Waals surface area contributed by atoms with E-state index < -0.39 is 5.97 Å². The maximum absolute atomic E-state index is 12.6. The number of allylic oxidation sites excluding steroid dienone is 1. The largest absolute Gasteiger partial charge is 0.511 e. The van der Waals surface area contributed by atoms with Crippen LogP contribution in [0.1, 0.15) is 37.8 Å². The molecule has 0 amide bonds. The Bertz CT molecular complexity index is 764. The SMILES string of the molecule is CCCC(O)=C(C(=O)OCC)C(=NCc1ccccc1)c1ccccc1. The lowest BCUT2D eigenvalue weighted by atomic mass is 9.99. The van der Waals surface area contributed by atoms with Crippen LogP contribution in [0.25, 0.3) is 0 Å². The normalized spacial score (nSPS) is 12.5. The van der Waals surface area contributed by atoms with Crippen LogP contribution in [0.15, 0.2) is 77.0 Å². The number of esters is 1. The number of hydrogen-bond acceptors (Lipinski definition) is 4. The van der Waals surface area contributed by atoms with Crippen molar-refractivity contribution >= 4 is 11.7 Å². The minimum Gasteiger partial charge on any atom is -0.511 e. The Balaban J connectivity index is 2.52. The molecular formula is C22H25NO3. The molecule has 0 saturated heterocycles. The number of hydrogen-bond donors (Lipinski definition) is 1. The monoisotopic (exact) mass is 351 g/mol. The van der Waals surface area contributed by atoms with Gasteiger partial charge in [-0.25, -0.2) is 4.79 Å². The van der Waals surface area contributed by atoms with Gasteiger partial charge in [-0.3, -0.25) is 4.99 Å². The van der Waals surface area contributed by atoms with Gasteiger partial charge in [0.1, 0.15) is 11.3 Å². The van der Waals surface area contributed by atoms with E-state index in [1.165, 1.54) is 0 Å². The third kappa shape index (κ3) is 5.31. The van der Waals surface area contributed by atoms with Crippen LogP contribution in [-0.4, -0.2) is 23.4 Å². The molecule has 0 aliphatic rings. The third-order valence-corrected chi connectivity index (χ3v) is 3.80. The Hall–Kier alpha value is -2.88. The summed E-state index contributed by atoms with van der Waals surface area (Å²) in [4.78, 5) is 17.2. The van der Waals surface area contributed by atoms with Gasteiger partial charge in [-0.2, -0.15) is 0 Å². The first-order valence-electron chi connectivity index (χ1n) is 8.90. The molecule has 0 aromatic heterocycles. The molecule has 0 fully saturated rings. The van der Waals surface area contributed by atoms with Crippen molar-refractivity contribution < 1.29 is 14.6 Å². The maximum atomic E-state index is 12.6. The van der Waals surface area contributed by atoms with Crippen LogP contribution in [0.2, 0.25) is 0 Å². The molecule has 0 heterocycles. The van der Waals surface area contributed by atoms with Gasteiger partial charge in [-0.15, -0.1) is 0 Å². The first-order chi connectivity index (χ1) is 12.7. The van der Waals surface area contributed by atoms with E-state index in [0.717, 1.165) is 17.5 Å². The highest BCUT2D eigenvalue weighted by Crippen LogP contribution is 2.19. The first kappa shape index (κ1) is 19.4. The zero-order valence-corrected chi connectivity index (χ0v) is 15.3. The summed E-state index contributed by atoms with van der Waals surface area (Å²) in [5.41, 5.74) is 2.41. The molecule has 0 aliphatic heterocycles. The number of benzene rings is 2. The number of aliphatic hydroxyl groups is 1. The molecule has 4 heteroatoms. The number of aliphatic hydroxyl groups excluding tert-OH is 1. The van der Waals surface area contributed by atoms with E-state index in [2.05, 4.69) is 4.99 Å². The van der Waals surface area contributed by atoms with Gasteiger partial charge in [0.2, 0.25) is 0 Å². The van der Waals surface area contributed by atoms with E-state index in [0.29, 0.717) is 18.7 Å². The summed E-state index contributed by atoms with van der Waals surface area (Å²) in [5.74, 6) is -0.532. The minimum absolute atomic E-state index is 0.0154. The van der Waals surface area contributed by atoms with Crippen molar-refractivity contribution in [3.63, 3.8) is 0 Å². The second kappa shape index (κ2) is 10.2.